The van der Waals surface area contributed by atoms with E-state index in [1.54, 1.807) is 0 Å². The number of aliphatic hydroxyl groups is 1. The number of rotatable bonds is 8. The van der Waals surface area contributed by atoms with Gasteiger partial charge < -0.3 is 10.0 Å². The Morgan fingerprint density at radius 1 is 1.16 bits per heavy atom. The largest absolute Gasteiger partial charge is 0.393 e. The summed E-state index contributed by atoms with van der Waals surface area (Å²) in [7, 11) is 4.20. The zero-order chi connectivity index (χ0) is 22.9. The number of fused-ring (bicyclic) bond motifs is 1. The molecule has 3 rings (SSSR count). The molecule has 2 saturated carbocycles. The third-order valence-corrected chi connectivity index (χ3v) is 8.78. The zero-order valence-corrected chi connectivity index (χ0v) is 20.8. The van der Waals surface area contributed by atoms with Crippen molar-refractivity contribution >= 4 is 5.69 Å². The van der Waals surface area contributed by atoms with Crippen molar-refractivity contribution < 1.29 is 5.11 Å². The monoisotopic (exact) mass is 423 g/mol. The first kappa shape index (κ1) is 24.1. The van der Waals surface area contributed by atoms with E-state index in [-0.39, 0.29) is 11.5 Å². The Morgan fingerprint density at radius 3 is 2.32 bits per heavy atom. The van der Waals surface area contributed by atoms with Crippen molar-refractivity contribution in [2.75, 3.05) is 19.0 Å². The standard InChI is InChI=1S/C29H45NO/c1-9-23-26-16-17-27(31)29(26,6)18-25(21-11-13-22(14-12-21)30(7)8)28(23)24(20(4)5)15-10-19(2)3/h11-14,23-28,31H,2,4,9-10,15-18H2,1,3,5-8H3. The quantitative estimate of drug-likeness (QED) is 0.447. The summed E-state index contributed by atoms with van der Waals surface area (Å²) < 4.78 is 0. The Morgan fingerprint density at radius 2 is 1.81 bits per heavy atom. The minimum absolute atomic E-state index is 0.0239. The van der Waals surface area contributed by atoms with E-state index >= 15 is 0 Å². The predicted molar refractivity (Wildman–Crippen MR) is 135 cm³/mol. The molecule has 7 unspecified atom stereocenters. The molecule has 0 bridgehead atoms. The van der Waals surface area contributed by atoms with Crippen LogP contribution in [0.3, 0.4) is 0 Å². The summed E-state index contributed by atoms with van der Waals surface area (Å²) in [5, 5.41) is 11.1. The molecule has 2 aliphatic carbocycles. The molecular weight excluding hydrogens is 378 g/mol. The molecule has 172 valence electrons. The first-order valence-corrected chi connectivity index (χ1v) is 12.3. The molecule has 1 aromatic carbocycles. The van der Waals surface area contributed by atoms with E-state index < -0.39 is 0 Å². The van der Waals surface area contributed by atoms with Gasteiger partial charge in [0, 0.05) is 19.8 Å². The molecule has 0 aliphatic heterocycles. The van der Waals surface area contributed by atoms with E-state index in [0.717, 1.165) is 25.7 Å². The van der Waals surface area contributed by atoms with Gasteiger partial charge in [-0.25, -0.2) is 0 Å². The molecular formula is C29H45NO. The molecule has 0 saturated heterocycles. The first-order chi connectivity index (χ1) is 14.6. The Labute approximate surface area is 191 Å². The number of nitrogens with zero attached hydrogens (tertiary/aromatic N) is 1. The second-order valence-electron chi connectivity index (χ2n) is 11.1. The highest BCUT2D eigenvalue weighted by Crippen LogP contribution is 2.63. The van der Waals surface area contributed by atoms with Crippen LogP contribution in [0.4, 0.5) is 5.69 Å². The fourth-order valence-electron chi connectivity index (χ4n) is 7.08. The number of benzene rings is 1. The summed E-state index contributed by atoms with van der Waals surface area (Å²) in [6.07, 6.45) is 6.43. The summed E-state index contributed by atoms with van der Waals surface area (Å²) >= 11 is 0. The molecule has 2 nitrogen and oxygen atoms in total. The van der Waals surface area contributed by atoms with Crippen molar-refractivity contribution in [1.29, 1.82) is 0 Å². The summed E-state index contributed by atoms with van der Waals surface area (Å²) in [5.41, 5.74) is 5.29. The second-order valence-corrected chi connectivity index (χ2v) is 11.1. The van der Waals surface area contributed by atoms with Gasteiger partial charge in [-0.3, -0.25) is 0 Å². The number of aliphatic hydroxyl groups excluding tert-OH is 1. The highest BCUT2D eigenvalue weighted by Gasteiger charge is 2.57. The Bertz CT molecular complexity index is 778. The average Bonchev–Trinajstić information content (AvgIpc) is 3.01. The van der Waals surface area contributed by atoms with Crippen LogP contribution in [-0.2, 0) is 0 Å². The molecule has 0 aromatic heterocycles. The average molecular weight is 424 g/mol. The normalized spacial score (nSPS) is 33.6. The molecule has 0 spiro atoms. The molecule has 0 radical (unpaired) electrons. The lowest BCUT2D eigenvalue weighted by Crippen LogP contribution is -2.48. The van der Waals surface area contributed by atoms with Crippen LogP contribution in [0.5, 0.6) is 0 Å². The molecule has 1 N–H and O–H groups in total. The summed E-state index contributed by atoms with van der Waals surface area (Å²) in [4.78, 5) is 2.17. The maximum Gasteiger partial charge on any atom is 0.0596 e. The molecule has 0 amide bonds. The Balaban J connectivity index is 2.07. The lowest BCUT2D eigenvalue weighted by atomic mass is 9.51. The van der Waals surface area contributed by atoms with E-state index in [2.05, 4.69) is 84.1 Å². The predicted octanol–water partition coefficient (Wildman–Crippen LogP) is 7.21. The number of allylic oxidation sites excluding steroid dienone is 2. The number of anilines is 1. The van der Waals surface area contributed by atoms with Crippen LogP contribution in [0, 0.1) is 29.1 Å². The van der Waals surface area contributed by atoms with Gasteiger partial charge in [-0.2, -0.15) is 0 Å². The van der Waals surface area contributed by atoms with Gasteiger partial charge in [-0.15, -0.1) is 6.58 Å². The van der Waals surface area contributed by atoms with E-state index in [0.29, 0.717) is 29.6 Å². The third kappa shape index (κ3) is 4.65. The van der Waals surface area contributed by atoms with E-state index in [1.165, 1.54) is 35.2 Å². The molecule has 0 heterocycles. The summed E-state index contributed by atoms with van der Waals surface area (Å²) in [6, 6.07) is 9.21. The molecule has 7 atom stereocenters. The number of hydrogen-bond donors (Lipinski definition) is 1. The van der Waals surface area contributed by atoms with Crippen molar-refractivity contribution in [3.63, 3.8) is 0 Å². The van der Waals surface area contributed by atoms with E-state index in [4.69, 9.17) is 0 Å². The van der Waals surface area contributed by atoms with Crippen LogP contribution in [0.1, 0.15) is 77.7 Å². The van der Waals surface area contributed by atoms with E-state index in [1.807, 2.05) is 0 Å². The van der Waals surface area contributed by atoms with Gasteiger partial charge >= 0.3 is 0 Å². The van der Waals surface area contributed by atoms with Gasteiger partial charge in [0.1, 0.15) is 0 Å². The highest BCUT2D eigenvalue weighted by atomic mass is 16.3. The fraction of sp³-hybridized carbons (Fsp3) is 0.655. The first-order valence-electron chi connectivity index (χ1n) is 12.3. The van der Waals surface area contributed by atoms with Crippen LogP contribution in [0.2, 0.25) is 0 Å². The smallest absolute Gasteiger partial charge is 0.0596 e. The molecule has 2 heteroatoms. The van der Waals surface area contributed by atoms with Crippen molar-refractivity contribution in [3.8, 4) is 0 Å². The van der Waals surface area contributed by atoms with Crippen molar-refractivity contribution in [2.45, 2.75) is 78.2 Å². The lowest BCUT2D eigenvalue weighted by Gasteiger charge is -2.54. The molecule has 2 fully saturated rings. The summed E-state index contributed by atoms with van der Waals surface area (Å²) in [6.45, 7) is 17.8. The van der Waals surface area contributed by atoms with Crippen LogP contribution in [0.25, 0.3) is 0 Å². The molecule has 31 heavy (non-hydrogen) atoms. The SMILES string of the molecule is C=C(C)CCC(C(=C)C)C1C(c2ccc(N(C)C)cc2)CC2(C)C(O)CCC2C1CC. The Kier molecular flexibility index (Phi) is 7.41. The summed E-state index contributed by atoms with van der Waals surface area (Å²) in [5.74, 6) is 2.78. The van der Waals surface area contributed by atoms with Gasteiger partial charge in [0.05, 0.1) is 6.10 Å². The van der Waals surface area contributed by atoms with Crippen molar-refractivity contribution in [1.82, 2.24) is 0 Å². The van der Waals surface area contributed by atoms with E-state index in [9.17, 15) is 5.11 Å². The van der Waals surface area contributed by atoms with Gasteiger partial charge in [-0.1, -0.05) is 50.1 Å². The van der Waals surface area contributed by atoms with Gasteiger partial charge in [0.25, 0.3) is 0 Å². The number of hydrogen-bond acceptors (Lipinski definition) is 2. The van der Waals surface area contributed by atoms with Crippen LogP contribution >= 0.6 is 0 Å². The van der Waals surface area contributed by atoms with Gasteiger partial charge in [-0.05, 0) is 98.7 Å². The van der Waals surface area contributed by atoms with Crippen molar-refractivity contribution in [2.24, 2.45) is 29.1 Å². The molecule has 2 aliphatic rings. The van der Waals surface area contributed by atoms with Crippen LogP contribution in [0.15, 0.2) is 48.6 Å². The topological polar surface area (TPSA) is 23.5 Å². The lowest BCUT2D eigenvalue weighted by molar-refractivity contribution is -0.0564. The van der Waals surface area contributed by atoms with Crippen LogP contribution in [-0.4, -0.2) is 25.3 Å². The maximum absolute atomic E-state index is 11.1. The highest BCUT2D eigenvalue weighted by molar-refractivity contribution is 5.47. The molecule has 1 aromatic rings. The minimum atomic E-state index is -0.172. The third-order valence-electron chi connectivity index (χ3n) is 8.78. The van der Waals surface area contributed by atoms with Crippen LogP contribution < -0.4 is 4.90 Å². The van der Waals surface area contributed by atoms with Gasteiger partial charge in [0.2, 0.25) is 0 Å². The second kappa shape index (κ2) is 9.53. The fourth-order valence-corrected chi connectivity index (χ4v) is 7.08. The van der Waals surface area contributed by atoms with Gasteiger partial charge in [0.15, 0.2) is 0 Å². The Hall–Kier alpha value is -1.54. The van der Waals surface area contributed by atoms with Crippen molar-refractivity contribution in [3.05, 3.63) is 54.1 Å². The zero-order valence-electron chi connectivity index (χ0n) is 20.8. The minimum Gasteiger partial charge on any atom is -0.393 e. The maximum atomic E-state index is 11.1.